The highest BCUT2D eigenvalue weighted by Crippen LogP contribution is 2.36. The van der Waals surface area contributed by atoms with E-state index < -0.39 is 0 Å². The Morgan fingerprint density at radius 1 is 1.12 bits per heavy atom. The summed E-state index contributed by atoms with van der Waals surface area (Å²) in [6, 6.07) is 10.4. The topological polar surface area (TPSA) is 29.1 Å². The molecule has 1 aliphatic rings. The first kappa shape index (κ1) is 11.2. The Morgan fingerprint density at radius 3 is 2.31 bits per heavy atom. The van der Waals surface area contributed by atoms with Crippen molar-refractivity contribution in [3.8, 4) is 0 Å². The van der Waals surface area contributed by atoms with E-state index in [1.165, 1.54) is 24.8 Å². The summed E-state index contributed by atoms with van der Waals surface area (Å²) in [6.07, 6.45) is 5.83. The third-order valence-corrected chi connectivity index (χ3v) is 3.45. The van der Waals surface area contributed by atoms with Crippen LogP contribution in [0.4, 0.5) is 0 Å². The molecule has 2 heteroatoms. The van der Waals surface area contributed by atoms with E-state index in [-0.39, 0.29) is 11.4 Å². The first-order chi connectivity index (χ1) is 7.73. The minimum atomic E-state index is -0.106. The van der Waals surface area contributed by atoms with Crippen LogP contribution in [0.3, 0.4) is 0 Å². The van der Waals surface area contributed by atoms with Gasteiger partial charge in [0.2, 0.25) is 5.91 Å². The first-order valence-corrected chi connectivity index (χ1v) is 6.07. The molecule has 0 spiro atoms. The molecule has 0 unspecified atom stereocenters. The standard InChI is InChI=1S/C14H19NO/c1-12(16)15-14(10-6-3-7-11-14)13-8-4-2-5-9-13/h2,4-5,8-9H,3,6-7,10-11H2,1H3,(H,15,16). The number of amides is 1. The van der Waals surface area contributed by atoms with Crippen molar-refractivity contribution in [3.05, 3.63) is 35.9 Å². The van der Waals surface area contributed by atoms with E-state index in [1.54, 1.807) is 6.92 Å². The molecule has 0 saturated heterocycles. The molecule has 2 nitrogen and oxygen atoms in total. The van der Waals surface area contributed by atoms with E-state index in [1.807, 2.05) is 18.2 Å². The van der Waals surface area contributed by atoms with Gasteiger partial charge in [0.05, 0.1) is 5.54 Å². The summed E-state index contributed by atoms with van der Waals surface area (Å²) in [6.45, 7) is 1.61. The Kier molecular flexibility index (Phi) is 3.28. The van der Waals surface area contributed by atoms with Crippen molar-refractivity contribution in [1.29, 1.82) is 0 Å². The summed E-state index contributed by atoms with van der Waals surface area (Å²) in [4.78, 5) is 11.4. The molecule has 0 atom stereocenters. The van der Waals surface area contributed by atoms with Crippen LogP contribution in [0.15, 0.2) is 30.3 Å². The lowest BCUT2D eigenvalue weighted by Gasteiger charge is -2.38. The van der Waals surface area contributed by atoms with Gasteiger partial charge in [-0.1, -0.05) is 49.6 Å². The molecular weight excluding hydrogens is 198 g/mol. The molecule has 1 saturated carbocycles. The zero-order valence-corrected chi connectivity index (χ0v) is 9.83. The monoisotopic (exact) mass is 217 g/mol. The zero-order chi connectivity index (χ0) is 11.4. The SMILES string of the molecule is CC(=O)NC1(c2ccccc2)CCCCC1. The molecule has 0 heterocycles. The second-order valence-corrected chi connectivity index (χ2v) is 4.69. The van der Waals surface area contributed by atoms with E-state index in [0.29, 0.717) is 0 Å². The fourth-order valence-electron chi connectivity index (χ4n) is 2.74. The predicted octanol–water partition coefficient (Wildman–Crippen LogP) is 2.98. The van der Waals surface area contributed by atoms with Crippen LogP contribution < -0.4 is 5.32 Å². The number of rotatable bonds is 2. The summed E-state index contributed by atoms with van der Waals surface area (Å²) in [5, 5.41) is 3.17. The average molecular weight is 217 g/mol. The van der Waals surface area contributed by atoms with Crippen LogP contribution in [0.2, 0.25) is 0 Å². The molecule has 1 N–H and O–H groups in total. The lowest BCUT2D eigenvalue weighted by molar-refractivity contribution is -0.121. The number of hydrogen-bond donors (Lipinski definition) is 1. The largest absolute Gasteiger partial charge is 0.347 e. The molecule has 1 aliphatic carbocycles. The highest BCUT2D eigenvalue weighted by atomic mass is 16.1. The minimum Gasteiger partial charge on any atom is -0.347 e. The first-order valence-electron chi connectivity index (χ1n) is 6.07. The van der Waals surface area contributed by atoms with Crippen molar-refractivity contribution in [3.63, 3.8) is 0 Å². The summed E-state index contributed by atoms with van der Waals surface area (Å²) < 4.78 is 0. The van der Waals surface area contributed by atoms with E-state index in [2.05, 4.69) is 17.4 Å². The van der Waals surface area contributed by atoms with Crippen LogP contribution in [0.25, 0.3) is 0 Å². The highest BCUT2D eigenvalue weighted by Gasteiger charge is 2.34. The molecule has 1 aromatic rings. The fraction of sp³-hybridized carbons (Fsp3) is 0.500. The van der Waals surface area contributed by atoms with Gasteiger partial charge in [0.15, 0.2) is 0 Å². The molecule has 16 heavy (non-hydrogen) atoms. The van der Waals surface area contributed by atoms with Gasteiger partial charge in [0.1, 0.15) is 0 Å². The molecule has 2 rings (SSSR count). The lowest BCUT2D eigenvalue weighted by atomic mass is 9.76. The van der Waals surface area contributed by atoms with Gasteiger partial charge in [-0.15, -0.1) is 0 Å². The van der Waals surface area contributed by atoms with Crippen molar-refractivity contribution in [1.82, 2.24) is 5.32 Å². The lowest BCUT2D eigenvalue weighted by Crippen LogP contribution is -2.46. The maximum Gasteiger partial charge on any atom is 0.217 e. The Bertz CT molecular complexity index is 352. The van der Waals surface area contributed by atoms with E-state index in [9.17, 15) is 4.79 Å². The summed E-state index contributed by atoms with van der Waals surface area (Å²) in [5.41, 5.74) is 1.15. The van der Waals surface area contributed by atoms with Gasteiger partial charge in [-0.3, -0.25) is 4.79 Å². The number of benzene rings is 1. The molecule has 0 aromatic heterocycles. The van der Waals surface area contributed by atoms with E-state index in [0.717, 1.165) is 12.8 Å². The van der Waals surface area contributed by atoms with Gasteiger partial charge in [0, 0.05) is 6.92 Å². The van der Waals surface area contributed by atoms with Crippen molar-refractivity contribution in [2.24, 2.45) is 0 Å². The average Bonchev–Trinajstić information content (AvgIpc) is 2.30. The third-order valence-electron chi connectivity index (χ3n) is 3.45. The third kappa shape index (κ3) is 2.26. The van der Waals surface area contributed by atoms with Gasteiger partial charge < -0.3 is 5.32 Å². The number of carbonyl (C=O) groups is 1. The van der Waals surface area contributed by atoms with Crippen LogP contribution in [0, 0.1) is 0 Å². The molecule has 0 bridgehead atoms. The Morgan fingerprint density at radius 2 is 1.75 bits per heavy atom. The quantitative estimate of drug-likeness (QED) is 0.810. The van der Waals surface area contributed by atoms with Crippen LogP contribution in [-0.4, -0.2) is 5.91 Å². The summed E-state index contributed by atoms with van der Waals surface area (Å²) in [7, 11) is 0. The van der Waals surface area contributed by atoms with Gasteiger partial charge in [-0.05, 0) is 18.4 Å². The van der Waals surface area contributed by atoms with Gasteiger partial charge in [-0.25, -0.2) is 0 Å². The van der Waals surface area contributed by atoms with Gasteiger partial charge in [0.25, 0.3) is 0 Å². The van der Waals surface area contributed by atoms with Crippen molar-refractivity contribution < 1.29 is 4.79 Å². The Balaban J connectivity index is 2.29. The van der Waals surface area contributed by atoms with Gasteiger partial charge >= 0.3 is 0 Å². The highest BCUT2D eigenvalue weighted by molar-refractivity contribution is 5.74. The van der Waals surface area contributed by atoms with Crippen LogP contribution in [0.5, 0.6) is 0 Å². The molecule has 1 amide bonds. The Hall–Kier alpha value is -1.31. The Labute approximate surface area is 97.1 Å². The van der Waals surface area contributed by atoms with Crippen molar-refractivity contribution in [2.45, 2.75) is 44.6 Å². The summed E-state index contributed by atoms with van der Waals surface area (Å²) >= 11 is 0. The second-order valence-electron chi connectivity index (χ2n) is 4.69. The van der Waals surface area contributed by atoms with Crippen LogP contribution >= 0.6 is 0 Å². The van der Waals surface area contributed by atoms with Crippen LogP contribution in [0.1, 0.15) is 44.6 Å². The maximum atomic E-state index is 11.4. The summed E-state index contributed by atoms with van der Waals surface area (Å²) in [5.74, 6) is 0.0748. The number of nitrogens with one attached hydrogen (secondary N) is 1. The van der Waals surface area contributed by atoms with Gasteiger partial charge in [-0.2, -0.15) is 0 Å². The number of carbonyl (C=O) groups excluding carboxylic acids is 1. The molecule has 86 valence electrons. The zero-order valence-electron chi connectivity index (χ0n) is 9.83. The normalized spacial score (nSPS) is 19.1. The van der Waals surface area contributed by atoms with E-state index >= 15 is 0 Å². The maximum absolute atomic E-state index is 11.4. The molecule has 0 aliphatic heterocycles. The number of hydrogen-bond acceptors (Lipinski definition) is 1. The molecular formula is C14H19NO. The smallest absolute Gasteiger partial charge is 0.217 e. The second kappa shape index (κ2) is 4.69. The fourth-order valence-corrected chi connectivity index (χ4v) is 2.74. The molecule has 1 fully saturated rings. The van der Waals surface area contributed by atoms with Crippen molar-refractivity contribution in [2.75, 3.05) is 0 Å². The minimum absolute atomic E-state index is 0.0748. The van der Waals surface area contributed by atoms with Crippen molar-refractivity contribution >= 4 is 5.91 Å². The molecule has 1 aromatic carbocycles. The van der Waals surface area contributed by atoms with Crippen LogP contribution in [-0.2, 0) is 10.3 Å². The molecule has 0 radical (unpaired) electrons. The van der Waals surface area contributed by atoms with E-state index in [4.69, 9.17) is 0 Å². The predicted molar refractivity (Wildman–Crippen MR) is 65.0 cm³/mol.